The van der Waals surface area contributed by atoms with E-state index < -0.39 is 5.97 Å². The second-order valence-electron chi connectivity index (χ2n) is 7.39. The van der Waals surface area contributed by atoms with Gasteiger partial charge in [0.25, 0.3) is 0 Å². The lowest BCUT2D eigenvalue weighted by atomic mass is 10.0. The van der Waals surface area contributed by atoms with Gasteiger partial charge in [-0.1, -0.05) is 58.0 Å². The molecule has 0 spiro atoms. The van der Waals surface area contributed by atoms with E-state index in [0.717, 1.165) is 10.4 Å². The molecule has 2 aromatic rings. The summed E-state index contributed by atoms with van der Waals surface area (Å²) in [6.07, 6.45) is 0. The molecule has 0 saturated heterocycles. The number of hydrogen-bond donors (Lipinski definition) is 2. The van der Waals surface area contributed by atoms with E-state index in [0.29, 0.717) is 5.00 Å². The van der Waals surface area contributed by atoms with E-state index >= 15 is 0 Å². The fraction of sp³-hybridized carbons (Fsp3) is 0.368. The van der Waals surface area contributed by atoms with E-state index in [9.17, 15) is 14.7 Å². The highest BCUT2D eigenvalue weighted by Gasteiger charge is 2.68. The van der Waals surface area contributed by atoms with Crippen LogP contribution in [0.1, 0.15) is 38.1 Å². The first-order chi connectivity index (χ1) is 11.2. The number of carboxylic acid groups (broad SMARTS) is 1. The predicted molar refractivity (Wildman–Crippen MR) is 96.4 cm³/mol. The van der Waals surface area contributed by atoms with Crippen molar-refractivity contribution in [1.82, 2.24) is 0 Å². The molecule has 1 aliphatic carbocycles. The van der Waals surface area contributed by atoms with Gasteiger partial charge in [-0.05, 0) is 22.5 Å². The lowest BCUT2D eigenvalue weighted by Gasteiger charge is -2.05. The second kappa shape index (κ2) is 5.45. The first-order valence-electron chi connectivity index (χ1n) is 7.89. The summed E-state index contributed by atoms with van der Waals surface area (Å²) in [6.45, 7) is 8.27. The average Bonchev–Trinajstić information content (AvgIpc) is 2.81. The Balaban J connectivity index is 1.90. The van der Waals surface area contributed by atoms with Crippen molar-refractivity contribution in [3.8, 4) is 10.4 Å². The van der Waals surface area contributed by atoms with Crippen LogP contribution in [0, 0.1) is 16.7 Å². The summed E-state index contributed by atoms with van der Waals surface area (Å²) >= 11 is 1.30. The monoisotopic (exact) mass is 343 g/mol. The van der Waals surface area contributed by atoms with Gasteiger partial charge >= 0.3 is 5.97 Å². The number of hydrogen-bond acceptors (Lipinski definition) is 3. The Morgan fingerprint density at radius 2 is 1.67 bits per heavy atom. The number of amides is 1. The number of carbonyl (C=O) groups is 2. The van der Waals surface area contributed by atoms with Crippen LogP contribution in [-0.4, -0.2) is 17.0 Å². The van der Waals surface area contributed by atoms with Crippen molar-refractivity contribution in [3.63, 3.8) is 0 Å². The van der Waals surface area contributed by atoms with E-state index in [2.05, 4.69) is 33.0 Å². The van der Waals surface area contributed by atoms with Crippen molar-refractivity contribution < 1.29 is 14.7 Å². The average molecular weight is 343 g/mol. The molecule has 4 nitrogen and oxygen atoms in total. The molecule has 0 aliphatic heterocycles. The van der Waals surface area contributed by atoms with Gasteiger partial charge in [0.2, 0.25) is 5.91 Å². The van der Waals surface area contributed by atoms with Crippen LogP contribution >= 0.6 is 11.3 Å². The fourth-order valence-corrected chi connectivity index (χ4v) is 4.48. The zero-order chi connectivity index (χ0) is 17.7. The molecule has 0 unspecified atom stereocenters. The number of rotatable bonds is 4. The molecular formula is C19H21NO3S. The van der Waals surface area contributed by atoms with E-state index in [-0.39, 0.29) is 28.2 Å². The van der Waals surface area contributed by atoms with Crippen LogP contribution in [0.4, 0.5) is 5.00 Å². The predicted octanol–water partition coefficient (Wildman–Crippen LogP) is 4.73. The summed E-state index contributed by atoms with van der Waals surface area (Å²) < 4.78 is 0. The number of thiophene rings is 1. The summed E-state index contributed by atoms with van der Waals surface area (Å²) in [5, 5.41) is 12.7. The van der Waals surface area contributed by atoms with Crippen molar-refractivity contribution in [2.75, 3.05) is 5.32 Å². The Labute approximate surface area is 145 Å². The minimum atomic E-state index is -1.03. The number of nitrogens with one attached hydrogen (secondary N) is 1. The smallest absolute Gasteiger partial charge is 0.338 e. The maximum atomic E-state index is 12.6. The van der Waals surface area contributed by atoms with Crippen LogP contribution < -0.4 is 5.32 Å². The molecule has 0 bridgehead atoms. The van der Waals surface area contributed by atoms with E-state index in [1.807, 2.05) is 30.3 Å². The van der Waals surface area contributed by atoms with E-state index in [4.69, 9.17) is 0 Å². The van der Waals surface area contributed by atoms with E-state index in [1.165, 1.54) is 11.3 Å². The summed E-state index contributed by atoms with van der Waals surface area (Å²) in [6, 6.07) is 11.2. The van der Waals surface area contributed by atoms with Gasteiger partial charge in [-0.2, -0.15) is 0 Å². The molecule has 3 rings (SSSR count). The highest BCUT2D eigenvalue weighted by atomic mass is 32.1. The Bertz CT molecular complexity index is 791. The van der Waals surface area contributed by atoms with Crippen molar-refractivity contribution in [3.05, 3.63) is 42.0 Å². The Hall–Kier alpha value is -2.14. The highest BCUT2D eigenvalue weighted by Crippen LogP contribution is 2.68. The molecule has 1 aromatic carbocycles. The molecular weight excluding hydrogens is 322 g/mol. The molecule has 5 heteroatoms. The lowest BCUT2D eigenvalue weighted by Crippen LogP contribution is -2.18. The van der Waals surface area contributed by atoms with Gasteiger partial charge in [0.15, 0.2) is 0 Å². The maximum Gasteiger partial charge on any atom is 0.338 e. The number of benzene rings is 1. The molecule has 1 aromatic heterocycles. The number of carbonyl (C=O) groups excluding carboxylic acids is 1. The Kier molecular flexibility index (Phi) is 3.79. The van der Waals surface area contributed by atoms with Gasteiger partial charge in [-0.3, -0.25) is 4.79 Å². The summed E-state index contributed by atoms with van der Waals surface area (Å²) in [5.41, 5.74) is 0.918. The molecule has 0 radical (unpaired) electrons. The van der Waals surface area contributed by atoms with Crippen LogP contribution in [-0.2, 0) is 4.79 Å². The lowest BCUT2D eigenvalue weighted by molar-refractivity contribution is -0.118. The third-order valence-electron chi connectivity index (χ3n) is 5.54. The molecule has 1 amide bonds. The number of aromatic carboxylic acids is 1. The van der Waals surface area contributed by atoms with Gasteiger partial charge in [0, 0.05) is 10.8 Å². The van der Waals surface area contributed by atoms with Crippen LogP contribution in [0.5, 0.6) is 0 Å². The second-order valence-corrected chi connectivity index (χ2v) is 8.44. The maximum absolute atomic E-state index is 12.6. The van der Waals surface area contributed by atoms with Crippen molar-refractivity contribution in [1.29, 1.82) is 0 Å². The zero-order valence-electron chi connectivity index (χ0n) is 14.2. The molecule has 1 aliphatic rings. The molecule has 24 heavy (non-hydrogen) atoms. The standard InChI is InChI=1S/C19H21NO3S/c1-18(2)14(19(18,3)4)15(21)20-16-12(17(22)23)10-13(24-16)11-8-6-5-7-9-11/h5-10,14H,1-4H3,(H,20,21)(H,22,23). The van der Waals surface area contributed by atoms with Crippen LogP contribution in [0.3, 0.4) is 0 Å². The third-order valence-corrected chi connectivity index (χ3v) is 6.64. The molecule has 0 atom stereocenters. The fourth-order valence-electron chi connectivity index (χ4n) is 3.42. The van der Waals surface area contributed by atoms with Gasteiger partial charge in [-0.15, -0.1) is 11.3 Å². The highest BCUT2D eigenvalue weighted by molar-refractivity contribution is 7.20. The summed E-state index contributed by atoms with van der Waals surface area (Å²) in [4.78, 5) is 25.0. The molecule has 2 N–H and O–H groups in total. The van der Waals surface area contributed by atoms with Crippen LogP contribution in [0.15, 0.2) is 36.4 Å². The normalized spacial score (nSPS) is 18.2. The van der Waals surface area contributed by atoms with Gasteiger partial charge in [-0.25, -0.2) is 4.79 Å². The van der Waals surface area contributed by atoms with Crippen molar-refractivity contribution in [2.24, 2.45) is 16.7 Å². The summed E-state index contributed by atoms with van der Waals surface area (Å²) in [7, 11) is 0. The zero-order valence-corrected chi connectivity index (χ0v) is 15.0. The van der Waals surface area contributed by atoms with Gasteiger partial charge < -0.3 is 10.4 Å². The van der Waals surface area contributed by atoms with Gasteiger partial charge in [0.05, 0.1) is 5.56 Å². The largest absolute Gasteiger partial charge is 0.478 e. The van der Waals surface area contributed by atoms with Crippen molar-refractivity contribution in [2.45, 2.75) is 27.7 Å². The topological polar surface area (TPSA) is 66.4 Å². The SMILES string of the molecule is CC1(C)C(C(=O)Nc2sc(-c3ccccc3)cc2C(=O)O)C1(C)C. The molecule has 126 valence electrons. The van der Waals surface area contributed by atoms with Crippen LogP contribution in [0.25, 0.3) is 10.4 Å². The first-order valence-corrected chi connectivity index (χ1v) is 8.71. The van der Waals surface area contributed by atoms with Crippen LogP contribution in [0.2, 0.25) is 0 Å². The Morgan fingerprint density at radius 3 is 2.17 bits per heavy atom. The third kappa shape index (κ3) is 2.53. The summed E-state index contributed by atoms with van der Waals surface area (Å²) in [5.74, 6) is -1.25. The molecule has 1 saturated carbocycles. The van der Waals surface area contributed by atoms with Crippen molar-refractivity contribution >= 4 is 28.2 Å². The molecule has 1 heterocycles. The quantitative estimate of drug-likeness (QED) is 0.843. The molecule has 1 fully saturated rings. The Morgan fingerprint density at radius 1 is 1.08 bits per heavy atom. The number of anilines is 1. The minimum Gasteiger partial charge on any atom is -0.478 e. The van der Waals surface area contributed by atoms with E-state index in [1.54, 1.807) is 6.07 Å². The first kappa shape index (κ1) is 16.7. The minimum absolute atomic E-state index is 0.0833. The number of carboxylic acids is 1. The van der Waals surface area contributed by atoms with Gasteiger partial charge in [0.1, 0.15) is 5.00 Å².